The molecular weight excluding hydrogens is 108 g/mol. The zero-order chi connectivity index (χ0) is 6.95. The van der Waals surface area contributed by atoms with Crippen molar-refractivity contribution in [2.45, 2.75) is 45.4 Å². The van der Waals surface area contributed by atoms with E-state index in [1.54, 1.807) is 0 Å². The molecule has 0 bridgehead atoms. The average molecular weight is 126 g/mol. The molecule has 9 heavy (non-hydrogen) atoms. The predicted molar refractivity (Wildman–Crippen MR) is 43.0 cm³/mol. The quantitative estimate of drug-likeness (QED) is 0.478. The molecule has 0 aliphatic rings. The predicted octanol–water partition coefficient (Wildman–Crippen LogP) is 3.39. The van der Waals surface area contributed by atoms with E-state index in [0.29, 0.717) is 0 Å². The van der Waals surface area contributed by atoms with Crippen LogP contribution >= 0.6 is 0 Å². The highest BCUT2D eigenvalue weighted by atomic mass is 13.9. The Balaban J connectivity index is 2.60. The highest BCUT2D eigenvalue weighted by Crippen LogP contribution is 2.04. The standard InChI is InChI=1S/C9H18/c1-3-5-7-9-8-6-4-2/h9H,1,3-8H2,2H3. The fraction of sp³-hybridized carbons (Fsp3) is 0.778. The van der Waals surface area contributed by atoms with Gasteiger partial charge in [0, 0.05) is 0 Å². The number of hydrogen-bond donors (Lipinski definition) is 0. The van der Waals surface area contributed by atoms with Gasteiger partial charge in [-0.3, -0.25) is 0 Å². The van der Waals surface area contributed by atoms with E-state index < -0.39 is 0 Å². The number of unbranched alkanes of at least 4 members (excludes halogenated alkanes) is 6. The van der Waals surface area contributed by atoms with Crippen LogP contribution in [0.25, 0.3) is 0 Å². The van der Waals surface area contributed by atoms with Crippen LogP contribution in [0.2, 0.25) is 0 Å². The summed E-state index contributed by atoms with van der Waals surface area (Å²) >= 11 is 0. The molecule has 0 spiro atoms. The van der Waals surface area contributed by atoms with Crippen LogP contribution in [-0.2, 0) is 0 Å². The lowest BCUT2D eigenvalue weighted by atomic mass is 10.1. The third kappa shape index (κ3) is 8.00. The van der Waals surface area contributed by atoms with Crippen LogP contribution in [0.15, 0.2) is 0 Å². The van der Waals surface area contributed by atoms with E-state index in [0.717, 1.165) is 6.42 Å². The molecule has 0 aromatic rings. The van der Waals surface area contributed by atoms with E-state index in [4.69, 9.17) is 0 Å². The van der Waals surface area contributed by atoms with Crippen LogP contribution < -0.4 is 0 Å². The van der Waals surface area contributed by atoms with E-state index in [-0.39, 0.29) is 0 Å². The van der Waals surface area contributed by atoms with Crippen molar-refractivity contribution in [3.8, 4) is 0 Å². The molecule has 0 N–H and O–H groups in total. The van der Waals surface area contributed by atoms with Crippen LogP contribution in [-0.4, -0.2) is 0 Å². The van der Waals surface area contributed by atoms with Gasteiger partial charge >= 0.3 is 0 Å². The van der Waals surface area contributed by atoms with Crippen LogP contribution in [0, 0.1) is 13.3 Å². The second kappa shape index (κ2) is 8.00. The van der Waals surface area contributed by atoms with Crippen molar-refractivity contribution < 1.29 is 0 Å². The van der Waals surface area contributed by atoms with Gasteiger partial charge in [0.05, 0.1) is 0 Å². The zero-order valence-electron chi connectivity index (χ0n) is 6.53. The largest absolute Gasteiger partial charge is 0.0654 e. The van der Waals surface area contributed by atoms with Gasteiger partial charge in [0.15, 0.2) is 0 Å². The van der Waals surface area contributed by atoms with Crippen molar-refractivity contribution in [3.63, 3.8) is 0 Å². The Labute approximate surface area is 59.7 Å². The van der Waals surface area contributed by atoms with Crippen LogP contribution in [0.5, 0.6) is 0 Å². The first-order valence-corrected chi connectivity index (χ1v) is 4.02. The van der Waals surface area contributed by atoms with Gasteiger partial charge in [-0.05, 0) is 6.42 Å². The topological polar surface area (TPSA) is 0 Å². The van der Waals surface area contributed by atoms with E-state index in [1.807, 2.05) is 0 Å². The van der Waals surface area contributed by atoms with E-state index in [2.05, 4.69) is 20.3 Å². The smallest absolute Gasteiger partial charge is 0.0386 e. The van der Waals surface area contributed by atoms with E-state index in [1.165, 1.54) is 32.1 Å². The molecule has 0 rings (SSSR count). The number of rotatable bonds is 6. The lowest BCUT2D eigenvalue weighted by Crippen LogP contribution is -1.77. The van der Waals surface area contributed by atoms with Crippen LogP contribution in [0.1, 0.15) is 45.4 Å². The van der Waals surface area contributed by atoms with E-state index in [9.17, 15) is 0 Å². The first-order chi connectivity index (χ1) is 4.41. The van der Waals surface area contributed by atoms with Crippen LogP contribution in [0.3, 0.4) is 0 Å². The second-order valence-corrected chi connectivity index (χ2v) is 2.43. The maximum atomic E-state index is 3.78. The minimum Gasteiger partial charge on any atom is -0.0654 e. The summed E-state index contributed by atoms with van der Waals surface area (Å²) in [6.45, 7) is 6.01. The minimum atomic E-state index is 1.09. The maximum absolute atomic E-state index is 3.78. The third-order valence-electron chi connectivity index (χ3n) is 1.42. The minimum absolute atomic E-state index is 1.09. The molecule has 0 saturated heterocycles. The van der Waals surface area contributed by atoms with Gasteiger partial charge in [-0.1, -0.05) is 52.4 Å². The normalized spacial score (nSPS) is 10.0. The van der Waals surface area contributed by atoms with Gasteiger partial charge in [-0.25, -0.2) is 0 Å². The zero-order valence-corrected chi connectivity index (χ0v) is 6.53. The van der Waals surface area contributed by atoms with Crippen LogP contribution in [0.4, 0.5) is 0 Å². The Morgan fingerprint density at radius 1 is 1.22 bits per heavy atom. The Hall–Kier alpha value is 0. The van der Waals surface area contributed by atoms with Gasteiger partial charge in [0.25, 0.3) is 0 Å². The Kier molecular flexibility index (Phi) is 8.00. The number of hydrogen-bond acceptors (Lipinski definition) is 0. The fourth-order valence-corrected chi connectivity index (χ4v) is 0.781. The summed E-state index contributed by atoms with van der Waals surface area (Å²) in [5, 5.41) is 0. The first kappa shape index (κ1) is 9.00. The molecule has 0 amide bonds. The highest BCUT2D eigenvalue weighted by Gasteiger charge is 1.86. The molecule has 0 heteroatoms. The molecule has 54 valence electrons. The second-order valence-electron chi connectivity index (χ2n) is 2.43. The summed E-state index contributed by atoms with van der Waals surface area (Å²) in [6, 6.07) is 0. The van der Waals surface area contributed by atoms with Gasteiger partial charge in [-0.15, -0.1) is 0 Å². The molecule has 0 aromatic carbocycles. The van der Waals surface area contributed by atoms with Crippen molar-refractivity contribution in [2.75, 3.05) is 0 Å². The average Bonchev–Trinajstić information content (AvgIpc) is 1.89. The lowest BCUT2D eigenvalue weighted by Gasteiger charge is -1.95. The van der Waals surface area contributed by atoms with Gasteiger partial charge in [0.1, 0.15) is 0 Å². The van der Waals surface area contributed by atoms with Crippen molar-refractivity contribution in [1.29, 1.82) is 0 Å². The fourth-order valence-electron chi connectivity index (χ4n) is 0.781. The molecule has 2 radical (unpaired) electrons. The Morgan fingerprint density at radius 2 is 1.89 bits per heavy atom. The van der Waals surface area contributed by atoms with Gasteiger partial charge in [0.2, 0.25) is 0 Å². The lowest BCUT2D eigenvalue weighted by molar-refractivity contribution is 0.720. The van der Waals surface area contributed by atoms with Crippen molar-refractivity contribution in [3.05, 3.63) is 13.3 Å². The summed E-state index contributed by atoms with van der Waals surface area (Å²) in [4.78, 5) is 0. The molecule has 0 aliphatic heterocycles. The molecule has 0 unspecified atom stereocenters. The third-order valence-corrected chi connectivity index (χ3v) is 1.42. The Morgan fingerprint density at radius 3 is 2.44 bits per heavy atom. The molecule has 0 aliphatic carbocycles. The molecular formula is C9H18. The monoisotopic (exact) mass is 126 g/mol. The summed E-state index contributed by atoms with van der Waals surface area (Å²) in [5.41, 5.74) is 0. The molecule has 0 fully saturated rings. The molecule has 0 heterocycles. The summed E-state index contributed by atoms with van der Waals surface area (Å²) in [6.07, 6.45) is 9.99. The SMILES string of the molecule is [CH2]CCC[CH]CCCC. The van der Waals surface area contributed by atoms with Crippen molar-refractivity contribution in [1.82, 2.24) is 0 Å². The summed E-state index contributed by atoms with van der Waals surface area (Å²) < 4.78 is 0. The molecule has 0 atom stereocenters. The van der Waals surface area contributed by atoms with Gasteiger partial charge in [-0.2, -0.15) is 0 Å². The van der Waals surface area contributed by atoms with Crippen molar-refractivity contribution >= 4 is 0 Å². The summed E-state index contributed by atoms with van der Waals surface area (Å²) in [7, 11) is 0. The first-order valence-electron chi connectivity index (χ1n) is 4.02. The maximum Gasteiger partial charge on any atom is -0.0386 e. The molecule has 0 aromatic heterocycles. The highest BCUT2D eigenvalue weighted by molar-refractivity contribution is 4.63. The van der Waals surface area contributed by atoms with Gasteiger partial charge < -0.3 is 0 Å². The van der Waals surface area contributed by atoms with Crippen molar-refractivity contribution in [2.24, 2.45) is 0 Å². The Bertz CT molecular complexity index is 33.3. The molecule has 0 nitrogen and oxygen atoms in total. The van der Waals surface area contributed by atoms with E-state index >= 15 is 0 Å². The summed E-state index contributed by atoms with van der Waals surface area (Å²) in [5.74, 6) is 0. The molecule has 0 saturated carbocycles.